The van der Waals surface area contributed by atoms with E-state index in [1.54, 1.807) is 7.11 Å². The molecule has 130 valence electrons. The Morgan fingerprint density at radius 2 is 2.04 bits per heavy atom. The van der Waals surface area contributed by atoms with Gasteiger partial charge in [0.25, 0.3) is 0 Å². The van der Waals surface area contributed by atoms with Crippen LogP contribution in [-0.2, 0) is 0 Å². The number of ether oxygens (including phenoxy) is 2. The van der Waals surface area contributed by atoms with Crippen molar-refractivity contribution in [1.82, 2.24) is 15.2 Å². The van der Waals surface area contributed by atoms with Crippen LogP contribution in [0.3, 0.4) is 0 Å². The van der Waals surface area contributed by atoms with Gasteiger partial charge in [-0.3, -0.25) is 9.88 Å². The third-order valence-corrected chi connectivity index (χ3v) is 4.13. The Morgan fingerprint density at radius 1 is 1.21 bits per heavy atom. The van der Waals surface area contributed by atoms with Crippen molar-refractivity contribution in [2.45, 2.75) is 6.04 Å². The van der Waals surface area contributed by atoms with Crippen molar-refractivity contribution in [2.75, 3.05) is 39.9 Å². The monoisotopic (exact) mass is 349 g/mol. The molecular weight excluding hydrogens is 326 g/mol. The van der Waals surface area contributed by atoms with Crippen LogP contribution in [0.25, 0.3) is 0 Å². The quantitative estimate of drug-likeness (QED) is 0.868. The van der Waals surface area contributed by atoms with E-state index in [2.05, 4.69) is 21.3 Å². The summed E-state index contributed by atoms with van der Waals surface area (Å²) in [7, 11) is 1.66. The Bertz CT molecular complexity index is 612. The number of pyridine rings is 1. The van der Waals surface area contributed by atoms with Gasteiger partial charge in [0.1, 0.15) is 6.61 Å². The summed E-state index contributed by atoms with van der Waals surface area (Å²) in [5, 5.41) is 3.46. The van der Waals surface area contributed by atoms with Gasteiger partial charge in [-0.15, -0.1) is 12.4 Å². The van der Waals surface area contributed by atoms with Crippen molar-refractivity contribution in [1.29, 1.82) is 0 Å². The van der Waals surface area contributed by atoms with E-state index in [9.17, 15) is 0 Å². The third-order valence-electron chi connectivity index (χ3n) is 4.13. The van der Waals surface area contributed by atoms with Gasteiger partial charge in [0, 0.05) is 44.6 Å². The predicted molar refractivity (Wildman–Crippen MR) is 97.2 cm³/mol. The predicted octanol–water partition coefficient (Wildman–Crippen LogP) is 2.54. The summed E-state index contributed by atoms with van der Waals surface area (Å²) in [5.74, 6) is 1.57. The number of nitrogens with one attached hydrogen (secondary N) is 1. The molecule has 1 aromatic carbocycles. The topological polar surface area (TPSA) is 46.6 Å². The number of piperazine rings is 1. The molecule has 5 nitrogen and oxygen atoms in total. The molecule has 2 heterocycles. The van der Waals surface area contributed by atoms with Gasteiger partial charge >= 0.3 is 0 Å². The molecule has 6 heteroatoms. The molecule has 1 aliphatic rings. The van der Waals surface area contributed by atoms with Crippen LogP contribution in [-0.4, -0.2) is 49.8 Å². The molecule has 3 rings (SSSR count). The molecule has 1 aliphatic heterocycles. The van der Waals surface area contributed by atoms with E-state index in [-0.39, 0.29) is 12.4 Å². The Labute approximate surface area is 149 Å². The molecule has 0 amide bonds. The van der Waals surface area contributed by atoms with Crippen molar-refractivity contribution in [3.05, 3.63) is 54.4 Å². The van der Waals surface area contributed by atoms with Crippen LogP contribution in [0.2, 0.25) is 0 Å². The molecule has 1 saturated heterocycles. The first-order valence-electron chi connectivity index (χ1n) is 7.99. The third kappa shape index (κ3) is 4.60. The standard InChI is InChI=1S/C18H23N3O2.ClH/c1-22-17-6-2-3-7-18(17)23-12-11-21-10-9-20-14-16(21)15-5-4-8-19-13-15;/h2-8,13,16,20H,9-12,14H2,1H3;1H. The van der Waals surface area contributed by atoms with Crippen LogP contribution in [0.15, 0.2) is 48.8 Å². The van der Waals surface area contributed by atoms with Crippen molar-refractivity contribution in [2.24, 2.45) is 0 Å². The molecule has 2 aromatic rings. The van der Waals surface area contributed by atoms with E-state index in [1.165, 1.54) is 5.56 Å². The summed E-state index contributed by atoms with van der Waals surface area (Å²) < 4.78 is 11.2. The van der Waals surface area contributed by atoms with Gasteiger partial charge < -0.3 is 14.8 Å². The molecule has 1 atom stereocenters. The number of methoxy groups -OCH3 is 1. The summed E-state index contributed by atoms with van der Waals surface area (Å²) in [6.07, 6.45) is 3.76. The molecule has 1 fully saturated rings. The Hall–Kier alpha value is -1.82. The van der Waals surface area contributed by atoms with Gasteiger partial charge in [0.2, 0.25) is 0 Å². The molecule has 0 bridgehead atoms. The van der Waals surface area contributed by atoms with Crippen LogP contribution in [0.4, 0.5) is 0 Å². The van der Waals surface area contributed by atoms with E-state index < -0.39 is 0 Å². The van der Waals surface area contributed by atoms with E-state index in [1.807, 2.05) is 42.7 Å². The van der Waals surface area contributed by atoms with Crippen LogP contribution < -0.4 is 14.8 Å². The molecule has 0 spiro atoms. The lowest BCUT2D eigenvalue weighted by Crippen LogP contribution is -2.47. The highest BCUT2D eigenvalue weighted by molar-refractivity contribution is 5.85. The largest absolute Gasteiger partial charge is 0.493 e. The lowest BCUT2D eigenvalue weighted by atomic mass is 10.1. The highest BCUT2D eigenvalue weighted by Gasteiger charge is 2.23. The zero-order valence-corrected chi connectivity index (χ0v) is 14.7. The first-order chi connectivity index (χ1) is 11.4. The van der Waals surface area contributed by atoms with Crippen LogP contribution >= 0.6 is 12.4 Å². The lowest BCUT2D eigenvalue weighted by Gasteiger charge is -2.36. The Balaban J connectivity index is 0.00000208. The molecule has 0 aliphatic carbocycles. The second-order valence-electron chi connectivity index (χ2n) is 5.54. The maximum atomic E-state index is 5.91. The summed E-state index contributed by atoms with van der Waals surface area (Å²) in [6.45, 7) is 4.47. The van der Waals surface area contributed by atoms with Gasteiger partial charge in [-0.25, -0.2) is 0 Å². The Morgan fingerprint density at radius 3 is 2.79 bits per heavy atom. The summed E-state index contributed by atoms with van der Waals surface area (Å²) in [6, 6.07) is 12.2. The number of aromatic nitrogens is 1. The minimum Gasteiger partial charge on any atom is -0.493 e. The van der Waals surface area contributed by atoms with Crippen LogP contribution in [0.5, 0.6) is 11.5 Å². The van der Waals surface area contributed by atoms with Crippen LogP contribution in [0, 0.1) is 0 Å². The van der Waals surface area contributed by atoms with Gasteiger partial charge in [0.15, 0.2) is 11.5 Å². The first-order valence-corrected chi connectivity index (χ1v) is 7.99. The maximum Gasteiger partial charge on any atom is 0.161 e. The number of hydrogen-bond donors (Lipinski definition) is 1. The number of hydrogen-bond acceptors (Lipinski definition) is 5. The van der Waals surface area contributed by atoms with Gasteiger partial charge in [-0.1, -0.05) is 18.2 Å². The molecular formula is C18H24ClN3O2. The van der Waals surface area contributed by atoms with Crippen LogP contribution in [0.1, 0.15) is 11.6 Å². The summed E-state index contributed by atoms with van der Waals surface area (Å²) in [5.41, 5.74) is 1.25. The van der Waals surface area contributed by atoms with E-state index in [4.69, 9.17) is 9.47 Å². The molecule has 1 N–H and O–H groups in total. The Kier molecular flexibility index (Phi) is 7.31. The van der Waals surface area contributed by atoms with E-state index in [0.717, 1.165) is 37.7 Å². The number of rotatable bonds is 6. The van der Waals surface area contributed by atoms with Crippen molar-refractivity contribution in [3.63, 3.8) is 0 Å². The molecule has 1 unspecified atom stereocenters. The highest BCUT2D eigenvalue weighted by Crippen LogP contribution is 2.26. The van der Waals surface area contributed by atoms with Gasteiger partial charge in [-0.2, -0.15) is 0 Å². The average molecular weight is 350 g/mol. The molecule has 1 aromatic heterocycles. The zero-order valence-electron chi connectivity index (χ0n) is 13.9. The number of para-hydroxylation sites is 2. The van der Waals surface area contributed by atoms with Crippen molar-refractivity contribution >= 4 is 12.4 Å². The molecule has 0 radical (unpaired) electrons. The first kappa shape index (κ1) is 18.5. The fraction of sp³-hybridized carbons (Fsp3) is 0.389. The summed E-state index contributed by atoms with van der Waals surface area (Å²) in [4.78, 5) is 6.69. The highest BCUT2D eigenvalue weighted by atomic mass is 35.5. The van der Waals surface area contributed by atoms with E-state index in [0.29, 0.717) is 12.6 Å². The fourth-order valence-corrected chi connectivity index (χ4v) is 2.93. The van der Waals surface area contributed by atoms with Crippen molar-refractivity contribution < 1.29 is 9.47 Å². The number of halogens is 1. The van der Waals surface area contributed by atoms with E-state index >= 15 is 0 Å². The summed E-state index contributed by atoms with van der Waals surface area (Å²) >= 11 is 0. The van der Waals surface area contributed by atoms with Crippen molar-refractivity contribution in [3.8, 4) is 11.5 Å². The minimum atomic E-state index is 0. The smallest absolute Gasteiger partial charge is 0.161 e. The SMILES string of the molecule is COc1ccccc1OCCN1CCNCC1c1cccnc1.Cl. The maximum absolute atomic E-state index is 5.91. The molecule has 24 heavy (non-hydrogen) atoms. The molecule has 0 saturated carbocycles. The average Bonchev–Trinajstić information content (AvgIpc) is 2.63. The minimum absolute atomic E-state index is 0. The van der Waals surface area contributed by atoms with Gasteiger partial charge in [-0.05, 0) is 23.8 Å². The normalized spacial score (nSPS) is 17.8. The van der Waals surface area contributed by atoms with Gasteiger partial charge in [0.05, 0.1) is 7.11 Å². The number of benzene rings is 1. The second kappa shape index (κ2) is 9.47. The number of nitrogens with zero attached hydrogens (tertiary/aromatic N) is 2. The zero-order chi connectivity index (χ0) is 15.9. The lowest BCUT2D eigenvalue weighted by molar-refractivity contribution is 0.132. The fourth-order valence-electron chi connectivity index (χ4n) is 2.93. The second-order valence-corrected chi connectivity index (χ2v) is 5.54.